The van der Waals surface area contributed by atoms with Crippen LogP contribution >= 0.6 is 0 Å². The molecule has 0 aromatic heterocycles. The van der Waals surface area contributed by atoms with Gasteiger partial charge in [0, 0.05) is 43.4 Å². The lowest BCUT2D eigenvalue weighted by molar-refractivity contribution is -0.178. The minimum Gasteiger partial charge on any atom is -0.459 e. The van der Waals surface area contributed by atoms with Gasteiger partial charge in [0.25, 0.3) is 0 Å². The van der Waals surface area contributed by atoms with Gasteiger partial charge < -0.3 is 14.6 Å². The van der Waals surface area contributed by atoms with E-state index >= 15 is 0 Å². The molecule has 1 fully saturated rings. The summed E-state index contributed by atoms with van der Waals surface area (Å²) in [7, 11) is 0. The number of hydrogen-bond donors (Lipinski definition) is 1. The Balaban J connectivity index is 1.80. The SMILES string of the molecule is CC(=O)Oc1cccc2c1C(=O)C1=C(C2=O)[C@H]2C(=O)C[C@](C)(OC(C)=O)C[C@@]2(O)CC1. The summed E-state index contributed by atoms with van der Waals surface area (Å²) in [5.74, 6) is -3.85. The van der Waals surface area contributed by atoms with Crippen LogP contribution in [0.4, 0.5) is 0 Å². The van der Waals surface area contributed by atoms with E-state index in [0.717, 1.165) is 0 Å². The van der Waals surface area contributed by atoms with Crippen molar-refractivity contribution in [3.8, 4) is 5.75 Å². The number of hydrogen-bond acceptors (Lipinski definition) is 8. The Hall–Kier alpha value is -3.13. The van der Waals surface area contributed by atoms with Gasteiger partial charge in [-0.2, -0.15) is 0 Å². The second-order valence-corrected chi connectivity index (χ2v) is 8.72. The number of ether oxygens (including phenoxy) is 2. The fourth-order valence-electron chi connectivity index (χ4n) is 5.31. The van der Waals surface area contributed by atoms with Gasteiger partial charge in [-0.1, -0.05) is 12.1 Å². The number of Topliss-reactive ketones (excluding diaryl/α,β-unsaturated/α-hetero) is 3. The highest BCUT2D eigenvalue weighted by Crippen LogP contribution is 2.52. The fourth-order valence-corrected chi connectivity index (χ4v) is 5.31. The van der Waals surface area contributed by atoms with E-state index in [-0.39, 0.29) is 53.7 Å². The van der Waals surface area contributed by atoms with Crippen molar-refractivity contribution in [1.29, 1.82) is 0 Å². The van der Waals surface area contributed by atoms with Crippen LogP contribution in [0, 0.1) is 5.92 Å². The summed E-state index contributed by atoms with van der Waals surface area (Å²) in [6, 6.07) is 4.37. The largest absolute Gasteiger partial charge is 0.459 e. The Labute approximate surface area is 178 Å². The highest BCUT2D eigenvalue weighted by molar-refractivity contribution is 6.29. The monoisotopic (exact) mass is 426 g/mol. The van der Waals surface area contributed by atoms with Gasteiger partial charge in [-0.15, -0.1) is 0 Å². The van der Waals surface area contributed by atoms with Crippen molar-refractivity contribution in [2.45, 2.75) is 57.7 Å². The van der Waals surface area contributed by atoms with Crippen molar-refractivity contribution in [3.05, 3.63) is 40.5 Å². The van der Waals surface area contributed by atoms with Crippen LogP contribution in [0.15, 0.2) is 29.3 Å². The maximum Gasteiger partial charge on any atom is 0.308 e. The third-order valence-electron chi connectivity index (χ3n) is 6.17. The molecular formula is C23H22O8. The van der Waals surface area contributed by atoms with Crippen molar-refractivity contribution < 1.29 is 38.6 Å². The predicted octanol–water partition coefficient (Wildman–Crippen LogP) is 2.11. The van der Waals surface area contributed by atoms with Crippen LogP contribution in [0.2, 0.25) is 0 Å². The number of allylic oxidation sites excluding steroid dienone is 1. The van der Waals surface area contributed by atoms with Gasteiger partial charge >= 0.3 is 11.9 Å². The summed E-state index contributed by atoms with van der Waals surface area (Å²) >= 11 is 0. The molecule has 0 spiro atoms. The van der Waals surface area contributed by atoms with E-state index in [4.69, 9.17) is 9.47 Å². The van der Waals surface area contributed by atoms with Crippen LogP contribution < -0.4 is 4.74 Å². The first-order valence-electron chi connectivity index (χ1n) is 10.0. The highest BCUT2D eigenvalue weighted by atomic mass is 16.6. The van der Waals surface area contributed by atoms with Crippen LogP contribution in [-0.2, 0) is 19.1 Å². The molecule has 8 nitrogen and oxygen atoms in total. The van der Waals surface area contributed by atoms with Gasteiger partial charge in [-0.25, -0.2) is 0 Å². The zero-order chi connectivity index (χ0) is 22.7. The van der Waals surface area contributed by atoms with E-state index in [1.165, 1.54) is 32.0 Å². The smallest absolute Gasteiger partial charge is 0.308 e. The summed E-state index contributed by atoms with van der Waals surface area (Å²) in [4.78, 5) is 62.8. The molecule has 0 radical (unpaired) electrons. The third-order valence-corrected chi connectivity index (χ3v) is 6.17. The van der Waals surface area contributed by atoms with Crippen molar-refractivity contribution in [2.75, 3.05) is 0 Å². The van der Waals surface area contributed by atoms with Crippen molar-refractivity contribution in [3.63, 3.8) is 0 Å². The summed E-state index contributed by atoms with van der Waals surface area (Å²) in [5, 5.41) is 11.4. The van der Waals surface area contributed by atoms with Gasteiger partial charge in [0.05, 0.1) is 17.1 Å². The van der Waals surface area contributed by atoms with Gasteiger partial charge in [0.2, 0.25) is 0 Å². The number of benzene rings is 1. The second-order valence-electron chi connectivity index (χ2n) is 8.72. The summed E-state index contributed by atoms with van der Waals surface area (Å²) in [5.41, 5.74) is -2.60. The highest BCUT2D eigenvalue weighted by Gasteiger charge is 2.59. The van der Waals surface area contributed by atoms with Gasteiger partial charge in [0.15, 0.2) is 11.6 Å². The van der Waals surface area contributed by atoms with Crippen molar-refractivity contribution in [2.24, 2.45) is 5.92 Å². The normalized spacial score (nSPS) is 29.7. The molecule has 4 rings (SSSR count). The number of esters is 2. The number of aliphatic hydroxyl groups is 1. The van der Waals surface area contributed by atoms with Crippen molar-refractivity contribution in [1.82, 2.24) is 0 Å². The molecule has 3 aliphatic carbocycles. The quantitative estimate of drug-likeness (QED) is 0.563. The van der Waals surface area contributed by atoms with Crippen LogP contribution in [0.25, 0.3) is 0 Å². The minimum atomic E-state index is -1.61. The number of carbonyl (C=O) groups excluding carboxylic acids is 5. The lowest BCUT2D eigenvalue weighted by Gasteiger charge is -2.50. The van der Waals surface area contributed by atoms with Crippen LogP contribution in [0.1, 0.15) is 67.2 Å². The third kappa shape index (κ3) is 3.31. The predicted molar refractivity (Wildman–Crippen MR) is 106 cm³/mol. The zero-order valence-corrected chi connectivity index (χ0v) is 17.4. The molecule has 0 amide bonds. The summed E-state index contributed by atoms with van der Waals surface area (Å²) in [6.07, 6.45) is -0.0555. The van der Waals surface area contributed by atoms with E-state index in [9.17, 15) is 29.1 Å². The van der Waals surface area contributed by atoms with Crippen LogP contribution in [-0.4, -0.2) is 45.6 Å². The van der Waals surface area contributed by atoms with E-state index in [2.05, 4.69) is 0 Å². The molecule has 0 bridgehead atoms. The number of ketones is 3. The standard InChI is InChI=1S/C23H22O8/c1-11(24)30-16-6-4-5-13-17(16)20(27)14-7-8-23(29)10-22(3,31-12(2)25)9-15(26)19(23)18(14)21(13)28/h4-6,19,29H,7-10H2,1-3H3/t19-,22+,23+/m1/s1. The van der Waals surface area contributed by atoms with E-state index in [1.807, 2.05) is 0 Å². The molecule has 3 atom stereocenters. The molecule has 162 valence electrons. The lowest BCUT2D eigenvalue weighted by Crippen LogP contribution is -2.59. The molecule has 31 heavy (non-hydrogen) atoms. The molecule has 3 aliphatic rings. The molecule has 8 heteroatoms. The first-order valence-corrected chi connectivity index (χ1v) is 10.0. The Morgan fingerprint density at radius 3 is 2.45 bits per heavy atom. The topological polar surface area (TPSA) is 124 Å². The van der Waals surface area contributed by atoms with Crippen LogP contribution in [0.3, 0.4) is 0 Å². The molecule has 0 unspecified atom stereocenters. The van der Waals surface area contributed by atoms with E-state index in [1.54, 1.807) is 6.92 Å². The van der Waals surface area contributed by atoms with Crippen LogP contribution in [0.5, 0.6) is 5.75 Å². The summed E-state index contributed by atoms with van der Waals surface area (Å²) in [6.45, 7) is 4.01. The molecule has 0 saturated heterocycles. The molecule has 1 saturated carbocycles. The molecule has 1 aromatic rings. The van der Waals surface area contributed by atoms with Gasteiger partial charge in [0.1, 0.15) is 17.1 Å². The number of fused-ring (bicyclic) bond motifs is 3. The van der Waals surface area contributed by atoms with Gasteiger partial charge in [-0.05, 0) is 25.8 Å². The maximum atomic E-state index is 13.4. The number of carbonyl (C=O) groups is 5. The van der Waals surface area contributed by atoms with Gasteiger partial charge in [-0.3, -0.25) is 24.0 Å². The Morgan fingerprint density at radius 1 is 1.10 bits per heavy atom. The van der Waals surface area contributed by atoms with E-state index in [0.29, 0.717) is 0 Å². The summed E-state index contributed by atoms with van der Waals surface area (Å²) < 4.78 is 10.4. The molecular weight excluding hydrogens is 404 g/mol. The van der Waals surface area contributed by atoms with E-state index < -0.39 is 46.4 Å². The zero-order valence-electron chi connectivity index (χ0n) is 17.4. The second kappa shape index (κ2) is 6.95. The molecule has 1 N–H and O–H groups in total. The first kappa shape index (κ1) is 21.1. The molecule has 1 aromatic carbocycles. The Morgan fingerprint density at radius 2 is 1.81 bits per heavy atom. The first-order chi connectivity index (χ1) is 14.5. The molecule has 0 heterocycles. The average Bonchev–Trinajstić information content (AvgIpc) is 2.63. The van der Waals surface area contributed by atoms with Crippen molar-refractivity contribution >= 4 is 29.3 Å². The fraction of sp³-hybridized carbons (Fsp3) is 0.435. The molecule has 0 aliphatic heterocycles. The minimum absolute atomic E-state index is 0.0000930. The Bertz CT molecular complexity index is 1100. The number of rotatable bonds is 2. The maximum absolute atomic E-state index is 13.4. The average molecular weight is 426 g/mol. The Kier molecular flexibility index (Phi) is 4.73. The lowest BCUT2D eigenvalue weighted by atomic mass is 9.58.